The molecule has 0 rings (SSSR count). The van der Waals surface area contributed by atoms with Gasteiger partial charge in [-0.3, -0.25) is 4.79 Å². The highest BCUT2D eigenvalue weighted by molar-refractivity contribution is 5.66. The third-order valence-electron chi connectivity index (χ3n) is 3.23. The number of carboxylic acid groups (broad SMARTS) is 1. The normalized spacial score (nSPS) is 12.4. The van der Waals surface area contributed by atoms with Crippen molar-refractivity contribution in [3.63, 3.8) is 0 Å². The van der Waals surface area contributed by atoms with Gasteiger partial charge in [0.2, 0.25) is 0 Å². The van der Waals surface area contributed by atoms with Crippen LogP contribution >= 0.6 is 0 Å². The van der Waals surface area contributed by atoms with E-state index in [1.807, 2.05) is 0 Å². The summed E-state index contributed by atoms with van der Waals surface area (Å²) in [6, 6.07) is 0. The molecule has 0 aliphatic heterocycles. The van der Waals surface area contributed by atoms with Crippen molar-refractivity contribution in [3.8, 4) is 0 Å². The number of allylic oxidation sites excluding steroid dienone is 8. The first-order valence-corrected chi connectivity index (χ1v) is 8.59. The van der Waals surface area contributed by atoms with Crippen molar-refractivity contribution in [2.75, 3.05) is 0 Å². The Kier molecular flexibility index (Phi) is 16.2. The van der Waals surface area contributed by atoms with Gasteiger partial charge in [0.05, 0.1) is 0 Å². The fourth-order valence-electron chi connectivity index (χ4n) is 1.99. The molecule has 0 unspecified atom stereocenters. The number of unbranched alkanes of at least 4 members (excludes halogenated alkanes) is 4. The van der Waals surface area contributed by atoms with E-state index in [0.29, 0.717) is 6.42 Å². The molecule has 0 saturated heterocycles. The minimum atomic E-state index is -0.682. The second-order valence-corrected chi connectivity index (χ2v) is 5.35. The summed E-state index contributed by atoms with van der Waals surface area (Å²) in [6.45, 7) is 2.15. The van der Waals surface area contributed by atoms with Crippen LogP contribution in [-0.4, -0.2) is 11.1 Å². The molecule has 0 spiro atoms. The molecule has 0 heterocycles. The maximum absolute atomic E-state index is 10.3. The molecule has 0 atom stereocenters. The first kappa shape index (κ1) is 20.4. The summed E-state index contributed by atoms with van der Waals surface area (Å²) >= 11 is 0. The van der Waals surface area contributed by atoms with Crippen LogP contribution in [0.4, 0.5) is 0 Å². The Morgan fingerprint density at radius 2 is 1.23 bits per heavy atom. The summed E-state index contributed by atoms with van der Waals surface area (Å²) in [7, 11) is 0. The third-order valence-corrected chi connectivity index (χ3v) is 3.23. The number of rotatable bonds is 14. The van der Waals surface area contributed by atoms with Crippen molar-refractivity contribution < 1.29 is 9.90 Å². The summed E-state index contributed by atoms with van der Waals surface area (Å²) in [6.07, 6.45) is 27.4. The molecule has 0 fully saturated rings. The van der Waals surface area contributed by atoms with Gasteiger partial charge < -0.3 is 5.11 Å². The van der Waals surface area contributed by atoms with Crippen LogP contribution < -0.4 is 0 Å². The Balaban J connectivity index is 3.34. The minimum absolute atomic E-state index is 0.309. The molecule has 0 aromatic rings. The lowest BCUT2D eigenvalue weighted by molar-refractivity contribution is -0.137. The molecule has 0 radical (unpaired) electrons. The Hall–Kier alpha value is -1.57. The first-order chi connectivity index (χ1) is 10.8. The number of carboxylic acids is 1. The fraction of sp³-hybridized carbons (Fsp3) is 0.550. The maximum atomic E-state index is 10.3. The summed E-state index contributed by atoms with van der Waals surface area (Å²) < 4.78 is 0. The van der Waals surface area contributed by atoms with E-state index in [0.717, 1.165) is 57.8 Å². The molecular formula is C20H32O2. The van der Waals surface area contributed by atoms with Crippen LogP contribution in [0.15, 0.2) is 48.6 Å². The Labute approximate surface area is 136 Å². The zero-order valence-corrected chi connectivity index (χ0v) is 14.0. The topological polar surface area (TPSA) is 37.3 Å². The summed E-state index contributed by atoms with van der Waals surface area (Å²) in [5.41, 5.74) is 0. The van der Waals surface area contributed by atoms with Gasteiger partial charge in [0.15, 0.2) is 0 Å². The molecule has 2 nitrogen and oxygen atoms in total. The molecule has 0 saturated carbocycles. The zero-order valence-electron chi connectivity index (χ0n) is 14.0. The van der Waals surface area contributed by atoms with Gasteiger partial charge in [0, 0.05) is 6.42 Å². The van der Waals surface area contributed by atoms with Crippen molar-refractivity contribution >= 4 is 5.97 Å². The highest BCUT2D eigenvalue weighted by Crippen LogP contribution is 2.06. The number of hydrogen-bond donors (Lipinski definition) is 1. The summed E-state index contributed by atoms with van der Waals surface area (Å²) in [5.74, 6) is -0.682. The van der Waals surface area contributed by atoms with E-state index in [1.54, 1.807) is 0 Å². The SMILES string of the molecule is CCC=CCC=CCC=CCC=CCCCCCCC(=O)O. The molecule has 0 aliphatic rings. The molecule has 0 aromatic heterocycles. The van der Waals surface area contributed by atoms with Gasteiger partial charge >= 0.3 is 5.97 Å². The van der Waals surface area contributed by atoms with Crippen LogP contribution in [-0.2, 0) is 4.79 Å². The van der Waals surface area contributed by atoms with Gasteiger partial charge in [0.1, 0.15) is 0 Å². The van der Waals surface area contributed by atoms with E-state index in [-0.39, 0.29) is 0 Å². The molecule has 0 aliphatic carbocycles. The van der Waals surface area contributed by atoms with Crippen LogP contribution in [0.2, 0.25) is 0 Å². The lowest BCUT2D eigenvalue weighted by Gasteiger charge is -1.96. The summed E-state index contributed by atoms with van der Waals surface area (Å²) in [4.78, 5) is 10.3. The average Bonchev–Trinajstić information content (AvgIpc) is 2.50. The van der Waals surface area contributed by atoms with Gasteiger partial charge in [-0.1, -0.05) is 68.4 Å². The highest BCUT2D eigenvalue weighted by Gasteiger charge is 1.95. The standard InChI is InChI=1S/C20H32O2/c1-2-3-4-5-6-7-8-9-10-11-12-13-14-15-16-17-18-19-20(21)22/h3-4,6-7,9-10,12-13H,2,5,8,11,14-19H2,1H3,(H,21,22). The smallest absolute Gasteiger partial charge is 0.303 e. The molecule has 2 heteroatoms. The lowest BCUT2D eigenvalue weighted by atomic mass is 10.1. The van der Waals surface area contributed by atoms with Gasteiger partial charge in [-0.05, 0) is 44.9 Å². The Bertz CT molecular complexity index is 362. The lowest BCUT2D eigenvalue weighted by Crippen LogP contribution is -1.93. The van der Waals surface area contributed by atoms with Gasteiger partial charge in [-0.2, -0.15) is 0 Å². The molecular weight excluding hydrogens is 272 g/mol. The van der Waals surface area contributed by atoms with E-state index in [1.165, 1.54) is 0 Å². The van der Waals surface area contributed by atoms with Crippen molar-refractivity contribution in [2.24, 2.45) is 0 Å². The van der Waals surface area contributed by atoms with Gasteiger partial charge in [0.25, 0.3) is 0 Å². The van der Waals surface area contributed by atoms with Crippen molar-refractivity contribution in [3.05, 3.63) is 48.6 Å². The molecule has 1 N–H and O–H groups in total. The maximum Gasteiger partial charge on any atom is 0.303 e. The predicted octanol–water partition coefficient (Wildman–Crippen LogP) is 6.22. The molecule has 0 amide bonds. The quantitative estimate of drug-likeness (QED) is 0.305. The fourth-order valence-corrected chi connectivity index (χ4v) is 1.99. The molecule has 0 bridgehead atoms. The Morgan fingerprint density at radius 3 is 1.77 bits per heavy atom. The third kappa shape index (κ3) is 18.4. The zero-order chi connectivity index (χ0) is 16.3. The van der Waals surface area contributed by atoms with Crippen molar-refractivity contribution in [1.29, 1.82) is 0 Å². The van der Waals surface area contributed by atoms with Gasteiger partial charge in [-0.15, -0.1) is 0 Å². The van der Waals surface area contributed by atoms with Crippen LogP contribution in [0, 0.1) is 0 Å². The van der Waals surface area contributed by atoms with E-state index < -0.39 is 5.97 Å². The van der Waals surface area contributed by atoms with E-state index >= 15 is 0 Å². The van der Waals surface area contributed by atoms with Crippen molar-refractivity contribution in [2.45, 2.75) is 71.1 Å². The predicted molar refractivity (Wildman–Crippen MR) is 96.0 cm³/mol. The van der Waals surface area contributed by atoms with Crippen LogP contribution in [0.1, 0.15) is 71.1 Å². The van der Waals surface area contributed by atoms with Crippen LogP contribution in [0.3, 0.4) is 0 Å². The number of aliphatic carboxylic acids is 1. The van der Waals surface area contributed by atoms with Crippen LogP contribution in [0.5, 0.6) is 0 Å². The van der Waals surface area contributed by atoms with Crippen molar-refractivity contribution in [1.82, 2.24) is 0 Å². The monoisotopic (exact) mass is 304 g/mol. The number of hydrogen-bond acceptors (Lipinski definition) is 1. The molecule has 22 heavy (non-hydrogen) atoms. The Morgan fingerprint density at radius 1 is 0.727 bits per heavy atom. The average molecular weight is 304 g/mol. The largest absolute Gasteiger partial charge is 0.481 e. The molecule has 124 valence electrons. The minimum Gasteiger partial charge on any atom is -0.481 e. The second kappa shape index (κ2) is 17.5. The molecule has 0 aromatic carbocycles. The highest BCUT2D eigenvalue weighted by atomic mass is 16.4. The van der Waals surface area contributed by atoms with E-state index in [4.69, 9.17) is 5.11 Å². The summed E-state index contributed by atoms with van der Waals surface area (Å²) in [5, 5.41) is 8.51. The first-order valence-electron chi connectivity index (χ1n) is 8.59. The van der Waals surface area contributed by atoms with E-state index in [9.17, 15) is 4.79 Å². The second-order valence-electron chi connectivity index (χ2n) is 5.35. The van der Waals surface area contributed by atoms with Crippen LogP contribution in [0.25, 0.3) is 0 Å². The number of carbonyl (C=O) groups is 1. The van der Waals surface area contributed by atoms with Gasteiger partial charge in [-0.25, -0.2) is 0 Å². The van der Waals surface area contributed by atoms with E-state index in [2.05, 4.69) is 55.5 Å².